The molecule has 2 atom stereocenters. The first-order valence-corrected chi connectivity index (χ1v) is 4.71. The molecule has 5 N–H and O–H groups in total. The van der Waals surface area contributed by atoms with E-state index in [0.29, 0.717) is 5.69 Å². The molecule has 0 radical (unpaired) electrons. The standard InChI is InChI=1S/C9H17N3O2/c1-3-7-11-5(2)8(12-7)9(14)6(13)4-10/h6,9,13-14H,3-4,10H2,1-2H3,(H,11,12). The molecule has 0 saturated carbocycles. The number of rotatable bonds is 4. The highest BCUT2D eigenvalue weighted by atomic mass is 16.3. The van der Waals surface area contributed by atoms with E-state index in [-0.39, 0.29) is 6.54 Å². The van der Waals surface area contributed by atoms with Crippen molar-refractivity contribution in [2.45, 2.75) is 32.5 Å². The molecule has 0 aromatic carbocycles. The first kappa shape index (κ1) is 11.2. The summed E-state index contributed by atoms with van der Waals surface area (Å²) in [5, 5.41) is 19.0. The lowest BCUT2D eigenvalue weighted by Crippen LogP contribution is -2.27. The van der Waals surface area contributed by atoms with Crippen molar-refractivity contribution >= 4 is 0 Å². The Morgan fingerprint density at radius 1 is 1.50 bits per heavy atom. The van der Waals surface area contributed by atoms with Crippen molar-refractivity contribution in [2.75, 3.05) is 6.54 Å². The Morgan fingerprint density at radius 3 is 2.57 bits per heavy atom. The van der Waals surface area contributed by atoms with Crippen LogP contribution >= 0.6 is 0 Å². The van der Waals surface area contributed by atoms with Crippen LogP contribution < -0.4 is 5.73 Å². The lowest BCUT2D eigenvalue weighted by atomic mass is 10.1. The Labute approximate surface area is 83.0 Å². The summed E-state index contributed by atoms with van der Waals surface area (Å²) < 4.78 is 0. The highest BCUT2D eigenvalue weighted by Crippen LogP contribution is 2.18. The number of imidazole rings is 1. The van der Waals surface area contributed by atoms with Crippen LogP contribution in [0.5, 0.6) is 0 Å². The van der Waals surface area contributed by atoms with E-state index in [1.54, 1.807) is 0 Å². The number of aliphatic hydroxyl groups is 2. The molecule has 0 amide bonds. The van der Waals surface area contributed by atoms with E-state index in [4.69, 9.17) is 5.73 Å². The highest BCUT2D eigenvalue weighted by molar-refractivity contribution is 5.16. The molecule has 0 saturated heterocycles. The van der Waals surface area contributed by atoms with Gasteiger partial charge in [0.1, 0.15) is 11.9 Å². The molecule has 1 rings (SSSR count). The van der Waals surface area contributed by atoms with Gasteiger partial charge >= 0.3 is 0 Å². The van der Waals surface area contributed by atoms with Crippen molar-refractivity contribution in [1.82, 2.24) is 9.97 Å². The first-order valence-electron chi connectivity index (χ1n) is 4.71. The molecule has 1 aromatic rings. The average Bonchev–Trinajstić information content (AvgIpc) is 2.57. The second-order valence-corrected chi connectivity index (χ2v) is 3.30. The summed E-state index contributed by atoms with van der Waals surface area (Å²) in [6.45, 7) is 3.80. The molecule has 80 valence electrons. The predicted octanol–water partition coefficient (Wildman–Crippen LogP) is -0.366. The van der Waals surface area contributed by atoms with Crippen molar-refractivity contribution < 1.29 is 10.2 Å². The molecule has 0 aliphatic rings. The highest BCUT2D eigenvalue weighted by Gasteiger charge is 2.21. The molecule has 5 heteroatoms. The van der Waals surface area contributed by atoms with Crippen molar-refractivity contribution in [2.24, 2.45) is 5.73 Å². The van der Waals surface area contributed by atoms with Crippen molar-refractivity contribution in [3.63, 3.8) is 0 Å². The maximum atomic E-state index is 9.67. The number of aryl methyl sites for hydroxylation is 2. The number of aliphatic hydroxyl groups excluding tert-OH is 2. The zero-order valence-electron chi connectivity index (χ0n) is 8.49. The van der Waals surface area contributed by atoms with Gasteiger partial charge in [0.2, 0.25) is 0 Å². The Hall–Kier alpha value is -0.910. The molecule has 0 spiro atoms. The summed E-state index contributed by atoms with van der Waals surface area (Å²) in [5.74, 6) is 0.806. The minimum atomic E-state index is -1.00. The summed E-state index contributed by atoms with van der Waals surface area (Å²) in [4.78, 5) is 7.21. The van der Waals surface area contributed by atoms with Crippen molar-refractivity contribution in [3.05, 3.63) is 17.2 Å². The topological polar surface area (TPSA) is 95.2 Å². The summed E-state index contributed by atoms with van der Waals surface area (Å²) in [5.41, 5.74) is 6.52. The maximum absolute atomic E-state index is 9.67. The van der Waals surface area contributed by atoms with E-state index in [2.05, 4.69) is 9.97 Å². The van der Waals surface area contributed by atoms with Gasteiger partial charge in [-0.1, -0.05) is 6.92 Å². The van der Waals surface area contributed by atoms with E-state index in [1.165, 1.54) is 0 Å². The van der Waals surface area contributed by atoms with Crippen LogP contribution in [0.3, 0.4) is 0 Å². The van der Waals surface area contributed by atoms with Gasteiger partial charge in [0.05, 0.1) is 11.8 Å². The van der Waals surface area contributed by atoms with E-state index in [1.807, 2.05) is 13.8 Å². The van der Waals surface area contributed by atoms with Crippen LogP contribution in [-0.2, 0) is 6.42 Å². The Kier molecular flexibility index (Phi) is 3.62. The number of nitrogens with two attached hydrogens (primary N) is 1. The van der Waals surface area contributed by atoms with Crippen molar-refractivity contribution in [3.8, 4) is 0 Å². The Bertz CT molecular complexity index is 298. The Morgan fingerprint density at radius 2 is 2.14 bits per heavy atom. The maximum Gasteiger partial charge on any atom is 0.125 e. The molecule has 2 unspecified atom stereocenters. The number of nitrogens with one attached hydrogen (secondary N) is 1. The number of aromatic amines is 1. The molecule has 0 bridgehead atoms. The third-order valence-electron chi connectivity index (χ3n) is 2.19. The minimum absolute atomic E-state index is 0.0227. The van der Waals surface area contributed by atoms with Crippen LogP contribution in [0.2, 0.25) is 0 Å². The average molecular weight is 199 g/mol. The van der Waals surface area contributed by atoms with Crippen molar-refractivity contribution in [1.29, 1.82) is 0 Å². The van der Waals surface area contributed by atoms with Gasteiger partial charge in [-0.05, 0) is 6.92 Å². The van der Waals surface area contributed by atoms with Crippen LogP contribution in [0.15, 0.2) is 0 Å². The molecule has 1 aromatic heterocycles. The SMILES string of the molecule is CCc1nc(C(O)C(O)CN)c(C)[nH]1. The van der Waals surface area contributed by atoms with Crippen LogP contribution in [-0.4, -0.2) is 32.8 Å². The number of aromatic nitrogens is 2. The number of hydrogen-bond acceptors (Lipinski definition) is 4. The van der Waals surface area contributed by atoms with Gasteiger partial charge < -0.3 is 20.9 Å². The van der Waals surface area contributed by atoms with Crippen LogP contribution in [0, 0.1) is 6.92 Å². The Balaban J connectivity index is 2.88. The largest absolute Gasteiger partial charge is 0.389 e. The van der Waals surface area contributed by atoms with E-state index in [9.17, 15) is 10.2 Å². The fraction of sp³-hybridized carbons (Fsp3) is 0.667. The third kappa shape index (κ3) is 2.12. The summed E-state index contributed by atoms with van der Waals surface area (Å²) in [6, 6.07) is 0. The van der Waals surface area contributed by atoms with Crippen LogP contribution in [0.1, 0.15) is 30.2 Å². The van der Waals surface area contributed by atoms with Crippen LogP contribution in [0.25, 0.3) is 0 Å². The lowest BCUT2D eigenvalue weighted by molar-refractivity contribution is 0.0215. The molecule has 0 fully saturated rings. The van der Waals surface area contributed by atoms with Gasteiger partial charge in [-0.25, -0.2) is 4.98 Å². The predicted molar refractivity (Wildman–Crippen MR) is 52.7 cm³/mol. The normalized spacial score (nSPS) is 15.5. The van der Waals surface area contributed by atoms with E-state index in [0.717, 1.165) is 17.9 Å². The summed E-state index contributed by atoms with van der Waals surface area (Å²) in [7, 11) is 0. The minimum Gasteiger partial charge on any atom is -0.389 e. The fourth-order valence-corrected chi connectivity index (χ4v) is 1.30. The second kappa shape index (κ2) is 4.54. The fourth-order valence-electron chi connectivity index (χ4n) is 1.30. The van der Waals surface area contributed by atoms with Gasteiger partial charge in [0, 0.05) is 18.7 Å². The molecular weight excluding hydrogens is 182 g/mol. The monoisotopic (exact) mass is 199 g/mol. The molecular formula is C9H17N3O2. The molecule has 0 aliphatic heterocycles. The van der Waals surface area contributed by atoms with E-state index < -0.39 is 12.2 Å². The first-order chi connectivity index (χ1) is 6.60. The smallest absolute Gasteiger partial charge is 0.125 e. The zero-order valence-corrected chi connectivity index (χ0v) is 8.49. The molecule has 14 heavy (non-hydrogen) atoms. The molecule has 1 heterocycles. The summed E-state index contributed by atoms with van der Waals surface area (Å²) >= 11 is 0. The van der Waals surface area contributed by atoms with Crippen LogP contribution in [0.4, 0.5) is 0 Å². The van der Waals surface area contributed by atoms with E-state index >= 15 is 0 Å². The van der Waals surface area contributed by atoms with Gasteiger partial charge in [-0.2, -0.15) is 0 Å². The lowest BCUT2D eigenvalue weighted by Gasteiger charge is -2.14. The zero-order chi connectivity index (χ0) is 10.7. The number of H-pyrrole nitrogens is 1. The quantitative estimate of drug-likeness (QED) is 0.532. The molecule has 0 aliphatic carbocycles. The molecule has 5 nitrogen and oxygen atoms in total. The third-order valence-corrected chi connectivity index (χ3v) is 2.19. The summed E-state index contributed by atoms with van der Waals surface area (Å²) in [6.07, 6.45) is -1.19. The van der Waals surface area contributed by atoms with Gasteiger partial charge in [-0.15, -0.1) is 0 Å². The second-order valence-electron chi connectivity index (χ2n) is 3.30. The van der Waals surface area contributed by atoms with Gasteiger partial charge in [0.25, 0.3) is 0 Å². The van der Waals surface area contributed by atoms with Gasteiger partial charge in [-0.3, -0.25) is 0 Å². The number of nitrogens with zero attached hydrogens (tertiary/aromatic N) is 1. The van der Waals surface area contributed by atoms with Gasteiger partial charge in [0.15, 0.2) is 0 Å². The number of hydrogen-bond donors (Lipinski definition) is 4.